The fraction of sp³-hybridized carbons (Fsp3) is 0.100. The van der Waals surface area contributed by atoms with Crippen LogP contribution in [-0.2, 0) is 0 Å². The monoisotopic (exact) mass is 188 g/mol. The Balaban J connectivity index is 2.39. The van der Waals surface area contributed by atoms with Gasteiger partial charge in [0.25, 0.3) is 0 Å². The van der Waals surface area contributed by atoms with E-state index in [1.165, 1.54) is 6.92 Å². The first-order valence-corrected chi connectivity index (χ1v) is 4.15. The molecule has 4 nitrogen and oxygen atoms in total. The fourth-order valence-electron chi connectivity index (χ4n) is 1.10. The summed E-state index contributed by atoms with van der Waals surface area (Å²) in [5.74, 6) is 0.148. The average Bonchev–Trinajstić information content (AvgIpc) is 2.68. The summed E-state index contributed by atoms with van der Waals surface area (Å²) in [6.07, 6.45) is 3.33. The molecule has 0 bridgehead atoms. The molecule has 0 aliphatic heterocycles. The molecule has 0 aliphatic carbocycles. The van der Waals surface area contributed by atoms with Crippen LogP contribution in [0.4, 0.5) is 0 Å². The minimum absolute atomic E-state index is 0.127. The molecule has 0 amide bonds. The average molecular weight is 188 g/mol. The van der Waals surface area contributed by atoms with Crippen LogP contribution in [-0.4, -0.2) is 15.9 Å². The second-order valence-electron chi connectivity index (χ2n) is 2.87. The Kier molecular flexibility index (Phi) is 2.10. The Bertz CT molecular complexity index is 448. The molecule has 2 heterocycles. The molecule has 0 radical (unpaired) electrons. The summed E-state index contributed by atoms with van der Waals surface area (Å²) < 4.78 is 4.86. The first kappa shape index (κ1) is 8.62. The Labute approximate surface area is 80.6 Å². The van der Waals surface area contributed by atoms with E-state index in [1.807, 2.05) is 12.1 Å². The van der Waals surface area contributed by atoms with Gasteiger partial charge in [-0.1, -0.05) is 5.16 Å². The van der Waals surface area contributed by atoms with Crippen molar-refractivity contribution in [3.05, 3.63) is 36.4 Å². The molecule has 0 saturated heterocycles. The van der Waals surface area contributed by atoms with Gasteiger partial charge in [-0.25, -0.2) is 0 Å². The fourth-order valence-corrected chi connectivity index (χ4v) is 1.10. The molecule has 14 heavy (non-hydrogen) atoms. The minimum Gasteiger partial charge on any atom is -0.353 e. The van der Waals surface area contributed by atoms with Crippen molar-refractivity contribution in [2.24, 2.45) is 0 Å². The first-order valence-electron chi connectivity index (χ1n) is 4.15. The Morgan fingerprint density at radius 2 is 2.07 bits per heavy atom. The number of Topliss-reactive ketones (excluding diaryl/α,β-unsaturated/α-hetero) is 1. The number of ketones is 1. The minimum atomic E-state index is -0.127. The maximum atomic E-state index is 10.9. The number of nitrogens with zero attached hydrogens (tertiary/aromatic N) is 2. The van der Waals surface area contributed by atoms with Crippen LogP contribution in [0.1, 0.15) is 17.5 Å². The predicted molar refractivity (Wildman–Crippen MR) is 49.7 cm³/mol. The van der Waals surface area contributed by atoms with Gasteiger partial charge in [0.15, 0.2) is 5.78 Å². The molecule has 70 valence electrons. The molecule has 0 unspecified atom stereocenters. The van der Waals surface area contributed by atoms with E-state index in [2.05, 4.69) is 10.1 Å². The molecule has 2 aromatic rings. The normalized spacial score (nSPS) is 10.1. The summed E-state index contributed by atoms with van der Waals surface area (Å²) in [6, 6.07) is 5.24. The van der Waals surface area contributed by atoms with Gasteiger partial charge in [0.05, 0.1) is 0 Å². The van der Waals surface area contributed by atoms with Gasteiger partial charge in [-0.2, -0.15) is 0 Å². The van der Waals surface area contributed by atoms with Crippen molar-refractivity contribution in [1.29, 1.82) is 0 Å². The van der Waals surface area contributed by atoms with Crippen LogP contribution in [0.25, 0.3) is 11.3 Å². The summed E-state index contributed by atoms with van der Waals surface area (Å²) in [5.41, 5.74) is 1.54. The quantitative estimate of drug-likeness (QED) is 0.676. The van der Waals surface area contributed by atoms with Crippen LogP contribution in [0.15, 0.2) is 35.1 Å². The lowest BCUT2D eigenvalue weighted by atomic mass is 10.2. The highest BCUT2D eigenvalue weighted by Gasteiger charge is 2.08. The second kappa shape index (κ2) is 3.41. The molecular formula is C10H8N2O2. The zero-order chi connectivity index (χ0) is 9.97. The molecule has 0 aromatic carbocycles. The van der Waals surface area contributed by atoms with Crippen molar-refractivity contribution < 1.29 is 9.32 Å². The van der Waals surface area contributed by atoms with Crippen LogP contribution in [0.5, 0.6) is 0 Å². The number of rotatable bonds is 2. The number of aromatic nitrogens is 2. The zero-order valence-electron chi connectivity index (χ0n) is 7.60. The van der Waals surface area contributed by atoms with E-state index in [0.717, 1.165) is 5.56 Å². The highest BCUT2D eigenvalue weighted by Crippen LogP contribution is 2.17. The Morgan fingerprint density at radius 3 is 2.64 bits per heavy atom. The lowest BCUT2D eigenvalue weighted by molar-refractivity contribution is 0.0978. The summed E-state index contributed by atoms with van der Waals surface area (Å²) >= 11 is 0. The number of carbonyl (C=O) groups is 1. The molecule has 0 aliphatic rings. The van der Waals surface area contributed by atoms with Crippen molar-refractivity contribution in [3.8, 4) is 11.3 Å². The first-order chi connectivity index (χ1) is 6.77. The van der Waals surface area contributed by atoms with Crippen LogP contribution < -0.4 is 0 Å². The summed E-state index contributed by atoms with van der Waals surface area (Å²) in [7, 11) is 0. The topological polar surface area (TPSA) is 56.0 Å². The van der Waals surface area contributed by atoms with Crippen molar-refractivity contribution in [2.75, 3.05) is 0 Å². The number of carbonyl (C=O) groups excluding carboxylic acids is 1. The number of hydrogen-bond donors (Lipinski definition) is 0. The highest BCUT2D eigenvalue weighted by atomic mass is 16.5. The van der Waals surface area contributed by atoms with Crippen molar-refractivity contribution in [3.63, 3.8) is 0 Å². The summed E-state index contributed by atoms with van der Waals surface area (Å²) in [6.45, 7) is 1.44. The third-order valence-electron chi connectivity index (χ3n) is 1.83. The van der Waals surface area contributed by atoms with E-state index in [-0.39, 0.29) is 11.5 Å². The number of pyridine rings is 1. The van der Waals surface area contributed by atoms with Gasteiger partial charge >= 0.3 is 0 Å². The summed E-state index contributed by atoms with van der Waals surface area (Å²) in [4.78, 5) is 14.8. The zero-order valence-corrected chi connectivity index (χ0v) is 7.60. The molecule has 0 atom stereocenters. The van der Waals surface area contributed by atoms with E-state index >= 15 is 0 Å². The third kappa shape index (κ3) is 1.54. The molecule has 0 saturated carbocycles. The summed E-state index contributed by atoms with van der Waals surface area (Å²) in [5, 5.41) is 3.78. The molecule has 0 fully saturated rings. The molecule has 0 N–H and O–H groups in total. The van der Waals surface area contributed by atoms with Gasteiger partial charge in [0.2, 0.25) is 5.76 Å². The van der Waals surface area contributed by atoms with Crippen LogP contribution in [0.2, 0.25) is 0 Å². The third-order valence-corrected chi connectivity index (χ3v) is 1.83. The Morgan fingerprint density at radius 1 is 1.36 bits per heavy atom. The van der Waals surface area contributed by atoms with Gasteiger partial charge in [-0.3, -0.25) is 9.78 Å². The van der Waals surface area contributed by atoms with E-state index in [9.17, 15) is 4.79 Å². The molecule has 0 spiro atoms. The lowest BCUT2D eigenvalue weighted by Gasteiger charge is -1.90. The van der Waals surface area contributed by atoms with Crippen LogP contribution >= 0.6 is 0 Å². The van der Waals surface area contributed by atoms with Crippen molar-refractivity contribution >= 4 is 5.78 Å². The van der Waals surface area contributed by atoms with E-state index in [4.69, 9.17) is 4.52 Å². The van der Waals surface area contributed by atoms with E-state index in [0.29, 0.717) is 5.69 Å². The standard InChI is InChI=1S/C10H8N2O2/c1-7(13)10-6-9(12-14-10)8-2-4-11-5-3-8/h2-6H,1H3. The smallest absolute Gasteiger partial charge is 0.202 e. The van der Waals surface area contributed by atoms with Crippen molar-refractivity contribution in [2.45, 2.75) is 6.92 Å². The predicted octanol–water partition coefficient (Wildman–Crippen LogP) is 1.94. The maximum absolute atomic E-state index is 10.9. The Hall–Kier alpha value is -1.97. The van der Waals surface area contributed by atoms with Gasteiger partial charge in [0.1, 0.15) is 5.69 Å². The molecule has 4 heteroatoms. The van der Waals surface area contributed by atoms with E-state index < -0.39 is 0 Å². The van der Waals surface area contributed by atoms with Crippen molar-refractivity contribution in [1.82, 2.24) is 10.1 Å². The highest BCUT2D eigenvalue weighted by molar-refractivity contribution is 5.92. The van der Waals surface area contributed by atoms with Crippen LogP contribution in [0, 0.1) is 0 Å². The van der Waals surface area contributed by atoms with Gasteiger partial charge in [-0.05, 0) is 12.1 Å². The lowest BCUT2D eigenvalue weighted by Crippen LogP contribution is -1.86. The van der Waals surface area contributed by atoms with Gasteiger partial charge in [-0.15, -0.1) is 0 Å². The van der Waals surface area contributed by atoms with Gasteiger partial charge < -0.3 is 4.52 Å². The van der Waals surface area contributed by atoms with Crippen LogP contribution in [0.3, 0.4) is 0 Å². The molecule has 2 aromatic heterocycles. The SMILES string of the molecule is CC(=O)c1cc(-c2ccncc2)no1. The van der Waals surface area contributed by atoms with E-state index in [1.54, 1.807) is 18.5 Å². The molecule has 2 rings (SSSR count). The maximum Gasteiger partial charge on any atom is 0.202 e. The number of hydrogen-bond acceptors (Lipinski definition) is 4. The largest absolute Gasteiger partial charge is 0.353 e. The van der Waals surface area contributed by atoms with Gasteiger partial charge in [0, 0.05) is 30.9 Å². The second-order valence-corrected chi connectivity index (χ2v) is 2.87. The molecular weight excluding hydrogens is 180 g/mol.